The highest BCUT2D eigenvalue weighted by Gasteiger charge is 2.13. The Bertz CT molecular complexity index is 409. The molecule has 0 saturated heterocycles. The maximum absolute atomic E-state index is 10.8. The molecule has 0 aliphatic heterocycles. The lowest BCUT2D eigenvalue weighted by molar-refractivity contribution is 0.1000. The van der Waals surface area contributed by atoms with Gasteiger partial charge in [-0.25, -0.2) is 0 Å². The smallest absolute Gasteiger partial charge is 0.250 e. The monoisotopic (exact) mass is 214 g/mol. The fourth-order valence-electron chi connectivity index (χ4n) is 0.865. The number of halogens is 2. The van der Waals surface area contributed by atoms with E-state index in [0.29, 0.717) is 0 Å². The van der Waals surface area contributed by atoms with Crippen LogP contribution in [0.1, 0.15) is 15.9 Å². The first-order valence-corrected chi connectivity index (χ1v) is 4.01. The Hall–Kier alpha value is -1.24. The van der Waals surface area contributed by atoms with Crippen LogP contribution in [0, 0.1) is 11.3 Å². The largest absolute Gasteiger partial charge is 0.366 e. The summed E-state index contributed by atoms with van der Waals surface area (Å²) in [7, 11) is 0. The number of nitrogens with zero attached hydrogens (tertiary/aromatic N) is 1. The number of hydrogen-bond acceptors (Lipinski definition) is 2. The summed E-state index contributed by atoms with van der Waals surface area (Å²) in [5, 5.41) is 8.95. The van der Waals surface area contributed by atoms with E-state index in [9.17, 15) is 4.79 Å². The highest BCUT2D eigenvalue weighted by molar-refractivity contribution is 6.43. The molecule has 13 heavy (non-hydrogen) atoms. The maximum atomic E-state index is 10.8. The molecule has 0 atom stereocenters. The summed E-state index contributed by atoms with van der Waals surface area (Å²) in [5.41, 5.74) is 5.11. The van der Waals surface area contributed by atoms with E-state index in [0.717, 1.165) is 0 Å². The van der Waals surface area contributed by atoms with E-state index in [1.165, 1.54) is 12.1 Å². The van der Waals surface area contributed by atoms with Crippen molar-refractivity contribution in [3.05, 3.63) is 33.3 Å². The predicted molar refractivity (Wildman–Crippen MR) is 49.7 cm³/mol. The number of hydrogen-bond donors (Lipinski definition) is 1. The van der Waals surface area contributed by atoms with Crippen molar-refractivity contribution in [3.63, 3.8) is 0 Å². The lowest BCUT2D eigenvalue weighted by Crippen LogP contribution is -2.13. The van der Waals surface area contributed by atoms with Crippen LogP contribution in [0.2, 0.25) is 10.0 Å². The number of benzene rings is 1. The lowest BCUT2D eigenvalue weighted by atomic mass is 10.1. The third-order valence-corrected chi connectivity index (χ3v) is 2.28. The Kier molecular flexibility index (Phi) is 2.76. The van der Waals surface area contributed by atoms with Crippen LogP contribution in [0.3, 0.4) is 0 Å². The molecule has 1 amide bonds. The van der Waals surface area contributed by atoms with Gasteiger partial charge in [0.05, 0.1) is 21.2 Å². The van der Waals surface area contributed by atoms with Crippen LogP contribution in [0.15, 0.2) is 12.1 Å². The zero-order valence-electron chi connectivity index (χ0n) is 6.34. The fraction of sp³-hybridized carbons (Fsp3) is 0. The van der Waals surface area contributed by atoms with Gasteiger partial charge in [0.2, 0.25) is 5.91 Å². The van der Waals surface area contributed by atoms with Crippen molar-refractivity contribution in [3.8, 4) is 6.07 Å². The Morgan fingerprint density at radius 1 is 1.46 bits per heavy atom. The molecule has 0 radical (unpaired) electrons. The molecule has 0 spiro atoms. The van der Waals surface area contributed by atoms with Crippen molar-refractivity contribution in [1.82, 2.24) is 0 Å². The van der Waals surface area contributed by atoms with Crippen LogP contribution in [-0.2, 0) is 0 Å². The molecule has 5 heteroatoms. The summed E-state index contributed by atoms with van der Waals surface area (Å²) in [4.78, 5) is 10.8. The first-order valence-electron chi connectivity index (χ1n) is 3.26. The first kappa shape index (κ1) is 9.85. The minimum absolute atomic E-state index is 0.0154. The molecular formula is C8H4Cl2N2O. The molecule has 0 aromatic heterocycles. The molecule has 2 N–H and O–H groups in total. The molecule has 0 fully saturated rings. The zero-order valence-corrected chi connectivity index (χ0v) is 7.86. The molecule has 3 nitrogen and oxygen atoms in total. The quantitative estimate of drug-likeness (QED) is 0.777. The van der Waals surface area contributed by atoms with E-state index in [2.05, 4.69) is 0 Å². The number of nitriles is 1. The highest BCUT2D eigenvalue weighted by atomic mass is 35.5. The molecule has 1 aromatic rings. The predicted octanol–water partition coefficient (Wildman–Crippen LogP) is 1.96. The van der Waals surface area contributed by atoms with Crippen molar-refractivity contribution >= 4 is 29.1 Å². The van der Waals surface area contributed by atoms with Crippen LogP contribution in [0.4, 0.5) is 0 Å². The SMILES string of the molecule is N#Cc1c(C(N)=O)ccc(Cl)c1Cl. The summed E-state index contributed by atoms with van der Waals surface area (Å²) >= 11 is 11.3. The highest BCUT2D eigenvalue weighted by Crippen LogP contribution is 2.27. The van der Waals surface area contributed by atoms with Gasteiger partial charge < -0.3 is 5.73 Å². The van der Waals surface area contributed by atoms with Gasteiger partial charge in [-0.2, -0.15) is 5.26 Å². The minimum atomic E-state index is -0.699. The molecule has 0 heterocycles. The molecule has 0 saturated carbocycles. The van der Waals surface area contributed by atoms with E-state index in [1.807, 2.05) is 0 Å². The maximum Gasteiger partial charge on any atom is 0.250 e. The third kappa shape index (κ3) is 1.74. The van der Waals surface area contributed by atoms with Gasteiger partial charge in [-0.15, -0.1) is 0 Å². The number of amides is 1. The van der Waals surface area contributed by atoms with Crippen molar-refractivity contribution in [2.24, 2.45) is 5.73 Å². The van der Waals surface area contributed by atoms with Crippen LogP contribution < -0.4 is 5.73 Å². The molecule has 66 valence electrons. The molecule has 0 bridgehead atoms. The van der Waals surface area contributed by atoms with E-state index in [-0.39, 0.29) is 21.2 Å². The van der Waals surface area contributed by atoms with Crippen LogP contribution in [0.5, 0.6) is 0 Å². The molecule has 0 aliphatic rings. The van der Waals surface area contributed by atoms with Gasteiger partial charge >= 0.3 is 0 Å². The molecule has 0 aliphatic carbocycles. The summed E-state index contributed by atoms with van der Waals surface area (Å²) in [6.07, 6.45) is 0. The summed E-state index contributed by atoms with van der Waals surface area (Å²) < 4.78 is 0. The Balaban J connectivity index is 3.50. The van der Waals surface area contributed by atoms with Gasteiger partial charge in [0.15, 0.2) is 0 Å². The van der Waals surface area contributed by atoms with Gasteiger partial charge in [-0.1, -0.05) is 23.2 Å². The number of primary amides is 1. The fourth-order valence-corrected chi connectivity index (χ4v) is 1.23. The second-order valence-electron chi connectivity index (χ2n) is 2.26. The molecule has 1 aromatic carbocycles. The van der Waals surface area contributed by atoms with E-state index < -0.39 is 5.91 Å². The average molecular weight is 215 g/mol. The topological polar surface area (TPSA) is 66.9 Å². The lowest BCUT2D eigenvalue weighted by Gasteiger charge is -2.02. The summed E-state index contributed by atoms with van der Waals surface area (Å²) in [5.74, 6) is -0.699. The number of carbonyl (C=O) groups excluding carboxylic acids is 1. The van der Waals surface area contributed by atoms with Gasteiger partial charge in [-0.05, 0) is 12.1 Å². The van der Waals surface area contributed by atoms with Crippen molar-refractivity contribution in [2.45, 2.75) is 0 Å². The zero-order chi connectivity index (χ0) is 10.0. The standard InChI is InChI=1S/C8H4Cl2N2O/c9-6-2-1-4(8(12)13)5(3-11)7(6)10/h1-2H,(H2,12,13). The molecular weight excluding hydrogens is 211 g/mol. The molecule has 1 rings (SSSR count). The van der Waals surface area contributed by atoms with Crippen LogP contribution in [-0.4, -0.2) is 5.91 Å². The third-order valence-electron chi connectivity index (χ3n) is 1.47. The minimum Gasteiger partial charge on any atom is -0.366 e. The van der Waals surface area contributed by atoms with Gasteiger partial charge in [-0.3, -0.25) is 4.79 Å². The summed E-state index contributed by atoms with van der Waals surface area (Å²) in [6.45, 7) is 0. The Morgan fingerprint density at radius 3 is 2.54 bits per heavy atom. The van der Waals surface area contributed by atoms with Crippen molar-refractivity contribution < 1.29 is 4.79 Å². The average Bonchev–Trinajstić information content (AvgIpc) is 2.09. The van der Waals surface area contributed by atoms with Gasteiger partial charge in [0.1, 0.15) is 6.07 Å². The van der Waals surface area contributed by atoms with E-state index in [1.54, 1.807) is 6.07 Å². The van der Waals surface area contributed by atoms with Crippen molar-refractivity contribution in [1.29, 1.82) is 5.26 Å². The van der Waals surface area contributed by atoms with Crippen LogP contribution in [0.25, 0.3) is 0 Å². The Morgan fingerprint density at radius 2 is 2.08 bits per heavy atom. The van der Waals surface area contributed by atoms with Crippen molar-refractivity contribution in [2.75, 3.05) is 0 Å². The second-order valence-corrected chi connectivity index (χ2v) is 3.05. The number of nitrogens with two attached hydrogens (primary N) is 1. The first-order chi connectivity index (χ1) is 6.07. The summed E-state index contributed by atoms with van der Waals surface area (Å²) in [6, 6.07) is 4.56. The normalized spacial score (nSPS) is 9.31. The second kappa shape index (κ2) is 3.65. The van der Waals surface area contributed by atoms with E-state index >= 15 is 0 Å². The number of rotatable bonds is 1. The van der Waals surface area contributed by atoms with Gasteiger partial charge in [0.25, 0.3) is 0 Å². The van der Waals surface area contributed by atoms with Gasteiger partial charge in [0, 0.05) is 0 Å². The Labute approximate surface area is 84.7 Å². The molecule has 0 unspecified atom stereocenters. The number of carbonyl (C=O) groups is 1. The van der Waals surface area contributed by atoms with E-state index in [4.69, 9.17) is 34.2 Å². The van der Waals surface area contributed by atoms with Crippen LogP contribution >= 0.6 is 23.2 Å².